The number of hydrogen-bond acceptors (Lipinski definition) is 2. The Morgan fingerprint density at radius 3 is 2.94 bits per heavy atom. The SMILES string of the molecule is C=CCn1c(=O)c2cccc3c2n(c1=O)CCC3. The maximum absolute atomic E-state index is 12.3. The molecule has 18 heavy (non-hydrogen) atoms. The summed E-state index contributed by atoms with van der Waals surface area (Å²) < 4.78 is 2.98. The molecule has 1 aromatic heterocycles. The lowest BCUT2D eigenvalue weighted by Crippen LogP contribution is -2.41. The van der Waals surface area contributed by atoms with Gasteiger partial charge in [-0.2, -0.15) is 0 Å². The molecule has 0 spiro atoms. The molecule has 0 saturated heterocycles. The van der Waals surface area contributed by atoms with Crippen molar-refractivity contribution in [2.45, 2.75) is 25.9 Å². The van der Waals surface area contributed by atoms with Gasteiger partial charge in [-0.05, 0) is 24.5 Å². The Labute approximate surface area is 104 Å². The van der Waals surface area contributed by atoms with Crippen LogP contribution in [0.3, 0.4) is 0 Å². The monoisotopic (exact) mass is 242 g/mol. The predicted octanol–water partition coefficient (Wildman–Crippen LogP) is 1.30. The molecular weight excluding hydrogens is 228 g/mol. The summed E-state index contributed by atoms with van der Waals surface area (Å²) in [7, 11) is 0. The Morgan fingerprint density at radius 2 is 2.17 bits per heavy atom. The van der Waals surface area contributed by atoms with Crippen LogP contribution in [0.5, 0.6) is 0 Å². The van der Waals surface area contributed by atoms with E-state index in [1.165, 1.54) is 4.57 Å². The highest BCUT2D eigenvalue weighted by Gasteiger charge is 2.17. The van der Waals surface area contributed by atoms with Crippen molar-refractivity contribution in [3.05, 3.63) is 57.3 Å². The first-order valence-corrected chi connectivity index (χ1v) is 6.10. The molecule has 0 unspecified atom stereocenters. The molecule has 0 saturated carbocycles. The normalized spacial score (nSPS) is 13.8. The molecule has 3 rings (SSSR count). The molecule has 92 valence electrons. The third-order valence-electron chi connectivity index (χ3n) is 3.47. The molecule has 0 atom stereocenters. The number of benzene rings is 1. The van der Waals surface area contributed by atoms with Crippen LogP contribution in [-0.2, 0) is 19.5 Å². The van der Waals surface area contributed by atoms with Gasteiger partial charge in [-0.15, -0.1) is 6.58 Å². The van der Waals surface area contributed by atoms with E-state index in [1.807, 2.05) is 12.1 Å². The lowest BCUT2D eigenvalue weighted by atomic mass is 10.0. The third-order valence-corrected chi connectivity index (χ3v) is 3.47. The molecule has 2 aromatic rings. The van der Waals surface area contributed by atoms with Gasteiger partial charge in [0, 0.05) is 13.1 Å². The summed E-state index contributed by atoms with van der Waals surface area (Å²) in [4.78, 5) is 24.6. The molecule has 0 amide bonds. The molecule has 0 fully saturated rings. The van der Waals surface area contributed by atoms with Crippen LogP contribution in [0.2, 0.25) is 0 Å². The Morgan fingerprint density at radius 1 is 1.33 bits per heavy atom. The zero-order chi connectivity index (χ0) is 12.7. The quantitative estimate of drug-likeness (QED) is 0.745. The molecule has 0 radical (unpaired) electrons. The average molecular weight is 242 g/mol. The van der Waals surface area contributed by atoms with Crippen molar-refractivity contribution in [3.8, 4) is 0 Å². The van der Waals surface area contributed by atoms with Gasteiger partial charge in [-0.25, -0.2) is 4.79 Å². The topological polar surface area (TPSA) is 44.0 Å². The van der Waals surface area contributed by atoms with E-state index in [-0.39, 0.29) is 17.8 Å². The summed E-state index contributed by atoms with van der Waals surface area (Å²) in [5.41, 5.74) is 1.48. The van der Waals surface area contributed by atoms with E-state index in [1.54, 1.807) is 16.7 Å². The minimum absolute atomic E-state index is 0.213. The van der Waals surface area contributed by atoms with Crippen molar-refractivity contribution in [2.75, 3.05) is 0 Å². The van der Waals surface area contributed by atoms with Gasteiger partial charge in [0.05, 0.1) is 10.9 Å². The van der Waals surface area contributed by atoms with Crippen LogP contribution in [0.1, 0.15) is 12.0 Å². The smallest absolute Gasteiger partial charge is 0.293 e. The first kappa shape index (κ1) is 11.0. The molecule has 0 N–H and O–H groups in total. The Bertz CT molecular complexity index is 753. The molecule has 4 nitrogen and oxygen atoms in total. The highest BCUT2D eigenvalue weighted by Crippen LogP contribution is 2.20. The molecule has 1 aliphatic rings. The minimum Gasteiger partial charge on any atom is -0.293 e. The second kappa shape index (κ2) is 3.98. The standard InChI is InChI=1S/C14H14N2O2/c1-2-8-16-13(17)11-7-3-5-10-6-4-9-15(12(10)11)14(16)18/h2-3,5,7H,1,4,6,8-9H2. The number of aryl methyl sites for hydroxylation is 2. The number of nitrogens with zero attached hydrogens (tertiary/aromatic N) is 2. The van der Waals surface area contributed by atoms with Gasteiger partial charge in [0.15, 0.2) is 0 Å². The van der Waals surface area contributed by atoms with E-state index in [0.29, 0.717) is 11.9 Å². The van der Waals surface area contributed by atoms with Crippen LogP contribution in [0.25, 0.3) is 10.9 Å². The fraction of sp³-hybridized carbons (Fsp3) is 0.286. The lowest BCUT2D eigenvalue weighted by Gasteiger charge is -2.20. The Hall–Kier alpha value is -2.10. The fourth-order valence-corrected chi connectivity index (χ4v) is 2.68. The first-order chi connectivity index (χ1) is 8.74. The first-order valence-electron chi connectivity index (χ1n) is 6.10. The van der Waals surface area contributed by atoms with Gasteiger partial charge in [0.2, 0.25) is 0 Å². The van der Waals surface area contributed by atoms with Crippen molar-refractivity contribution >= 4 is 10.9 Å². The van der Waals surface area contributed by atoms with Crippen molar-refractivity contribution in [3.63, 3.8) is 0 Å². The highest BCUT2D eigenvalue weighted by atomic mass is 16.2. The van der Waals surface area contributed by atoms with Gasteiger partial charge in [-0.1, -0.05) is 18.2 Å². The molecule has 4 heteroatoms. The van der Waals surface area contributed by atoms with Gasteiger partial charge >= 0.3 is 5.69 Å². The van der Waals surface area contributed by atoms with Crippen molar-refractivity contribution in [1.29, 1.82) is 0 Å². The van der Waals surface area contributed by atoms with Crippen LogP contribution in [0.4, 0.5) is 0 Å². The number of aromatic nitrogens is 2. The lowest BCUT2D eigenvalue weighted by molar-refractivity contribution is 0.562. The number of para-hydroxylation sites is 1. The van der Waals surface area contributed by atoms with E-state index in [2.05, 4.69) is 6.58 Å². The van der Waals surface area contributed by atoms with Gasteiger partial charge in [0.25, 0.3) is 5.56 Å². The summed E-state index contributed by atoms with van der Waals surface area (Å²) in [5.74, 6) is 0. The number of rotatable bonds is 2. The van der Waals surface area contributed by atoms with E-state index in [0.717, 1.165) is 23.9 Å². The van der Waals surface area contributed by atoms with E-state index >= 15 is 0 Å². The third kappa shape index (κ3) is 1.38. The van der Waals surface area contributed by atoms with Crippen LogP contribution in [0, 0.1) is 0 Å². The van der Waals surface area contributed by atoms with Crippen LogP contribution >= 0.6 is 0 Å². The van der Waals surface area contributed by atoms with Crippen LogP contribution < -0.4 is 11.2 Å². The molecule has 1 aliphatic heterocycles. The van der Waals surface area contributed by atoms with Gasteiger partial charge < -0.3 is 0 Å². The maximum Gasteiger partial charge on any atom is 0.331 e. The fourth-order valence-electron chi connectivity index (χ4n) is 2.68. The summed E-state index contributed by atoms with van der Waals surface area (Å²) in [6, 6.07) is 5.67. The largest absolute Gasteiger partial charge is 0.331 e. The second-order valence-electron chi connectivity index (χ2n) is 4.56. The molecule has 0 aliphatic carbocycles. The molecule has 2 heterocycles. The van der Waals surface area contributed by atoms with Gasteiger partial charge in [-0.3, -0.25) is 13.9 Å². The van der Waals surface area contributed by atoms with Crippen molar-refractivity contribution < 1.29 is 0 Å². The summed E-state index contributed by atoms with van der Waals surface area (Å²) in [5, 5.41) is 0.633. The van der Waals surface area contributed by atoms with E-state index in [9.17, 15) is 9.59 Å². The Kier molecular flexibility index (Phi) is 2.44. The predicted molar refractivity (Wildman–Crippen MR) is 71.0 cm³/mol. The molecule has 1 aromatic carbocycles. The molecular formula is C14H14N2O2. The van der Waals surface area contributed by atoms with Crippen LogP contribution in [-0.4, -0.2) is 9.13 Å². The van der Waals surface area contributed by atoms with E-state index < -0.39 is 0 Å². The van der Waals surface area contributed by atoms with E-state index in [4.69, 9.17) is 0 Å². The maximum atomic E-state index is 12.3. The average Bonchev–Trinajstić information content (AvgIpc) is 2.40. The Balaban J connectivity index is 2.54. The summed E-state index contributed by atoms with van der Waals surface area (Å²) in [6.45, 7) is 4.54. The summed E-state index contributed by atoms with van der Waals surface area (Å²) >= 11 is 0. The second-order valence-corrected chi connectivity index (χ2v) is 4.56. The zero-order valence-corrected chi connectivity index (χ0v) is 10.1. The van der Waals surface area contributed by atoms with Crippen LogP contribution in [0.15, 0.2) is 40.4 Å². The van der Waals surface area contributed by atoms with Crippen molar-refractivity contribution in [2.24, 2.45) is 0 Å². The number of allylic oxidation sites excluding steroid dienone is 1. The van der Waals surface area contributed by atoms with Crippen molar-refractivity contribution in [1.82, 2.24) is 9.13 Å². The molecule has 0 bridgehead atoms. The zero-order valence-electron chi connectivity index (χ0n) is 10.1. The summed E-state index contributed by atoms with van der Waals surface area (Å²) in [6.07, 6.45) is 3.45. The minimum atomic E-state index is -0.223. The highest BCUT2D eigenvalue weighted by molar-refractivity contribution is 5.81. The number of hydrogen-bond donors (Lipinski definition) is 0. The van der Waals surface area contributed by atoms with Gasteiger partial charge in [0.1, 0.15) is 0 Å².